The number of aliphatic hydroxyl groups is 1. The van der Waals surface area contributed by atoms with Crippen LogP contribution in [0, 0.1) is 0 Å². The number of ketones is 1. The Morgan fingerprint density at radius 2 is 1.74 bits per heavy atom. The number of Topliss-reactive ketones (excluding diaryl/α,β-unsaturated/α-hetero) is 1. The molecular formula is C28H28N2O5. The minimum atomic E-state index is -0.884. The lowest BCUT2D eigenvalue weighted by molar-refractivity contribution is -0.132. The van der Waals surface area contributed by atoms with Crippen molar-refractivity contribution >= 4 is 23.1 Å². The zero-order valence-electron chi connectivity index (χ0n) is 20.0. The monoisotopic (exact) mass is 472 g/mol. The second kappa shape index (κ2) is 10.4. The molecule has 35 heavy (non-hydrogen) atoms. The SMILES string of the molecule is CCCCc1ccc(N2C(=O)C(=O)/C(=C(\O)c3ccc(OC)c(OC)c3)C2c2ccccn2)cc1. The quantitative estimate of drug-likeness (QED) is 0.280. The molecule has 0 bridgehead atoms. The largest absolute Gasteiger partial charge is 0.507 e. The number of pyridine rings is 1. The van der Waals surface area contributed by atoms with Crippen LogP contribution in [0.15, 0.2) is 72.4 Å². The molecule has 1 aromatic heterocycles. The van der Waals surface area contributed by atoms with Gasteiger partial charge in [-0.3, -0.25) is 19.5 Å². The maximum atomic E-state index is 13.3. The average Bonchev–Trinajstić information content (AvgIpc) is 3.17. The number of hydrogen-bond donors (Lipinski definition) is 1. The summed E-state index contributed by atoms with van der Waals surface area (Å²) in [6.07, 6.45) is 4.70. The Kier molecular flexibility index (Phi) is 7.15. The van der Waals surface area contributed by atoms with Crippen molar-refractivity contribution in [3.63, 3.8) is 0 Å². The zero-order valence-corrected chi connectivity index (χ0v) is 20.0. The molecule has 180 valence electrons. The lowest BCUT2D eigenvalue weighted by atomic mass is 9.98. The summed E-state index contributed by atoms with van der Waals surface area (Å²) in [4.78, 5) is 32.4. The first-order valence-corrected chi connectivity index (χ1v) is 11.5. The van der Waals surface area contributed by atoms with Crippen LogP contribution in [0.2, 0.25) is 0 Å². The zero-order chi connectivity index (χ0) is 24.9. The normalized spacial score (nSPS) is 17.0. The van der Waals surface area contributed by atoms with Crippen LogP contribution in [0.5, 0.6) is 11.5 Å². The molecule has 0 radical (unpaired) electrons. The van der Waals surface area contributed by atoms with Crippen molar-refractivity contribution in [1.29, 1.82) is 0 Å². The molecule has 4 rings (SSSR count). The number of carbonyl (C=O) groups excluding carboxylic acids is 2. The van der Waals surface area contributed by atoms with Crippen molar-refractivity contribution in [2.24, 2.45) is 0 Å². The molecule has 1 aliphatic heterocycles. The minimum Gasteiger partial charge on any atom is -0.507 e. The smallest absolute Gasteiger partial charge is 0.300 e. The molecule has 1 unspecified atom stereocenters. The number of benzene rings is 2. The molecule has 1 saturated heterocycles. The molecule has 0 aliphatic carbocycles. The molecule has 0 spiro atoms. The van der Waals surface area contributed by atoms with E-state index in [2.05, 4.69) is 11.9 Å². The predicted octanol–water partition coefficient (Wildman–Crippen LogP) is 5.07. The van der Waals surface area contributed by atoms with E-state index in [-0.39, 0.29) is 11.3 Å². The first-order chi connectivity index (χ1) is 17.0. The third-order valence-electron chi connectivity index (χ3n) is 6.10. The van der Waals surface area contributed by atoms with Crippen molar-refractivity contribution in [3.05, 3.63) is 89.3 Å². The van der Waals surface area contributed by atoms with Gasteiger partial charge in [0.15, 0.2) is 11.5 Å². The molecular weight excluding hydrogens is 444 g/mol. The number of hydrogen-bond acceptors (Lipinski definition) is 6. The number of nitrogens with zero attached hydrogens (tertiary/aromatic N) is 2. The van der Waals surface area contributed by atoms with Gasteiger partial charge in [0.2, 0.25) is 0 Å². The molecule has 1 aliphatic rings. The molecule has 1 fully saturated rings. The summed E-state index contributed by atoms with van der Waals surface area (Å²) in [5.74, 6) is -0.925. The lowest BCUT2D eigenvalue weighted by Crippen LogP contribution is -2.29. The van der Waals surface area contributed by atoms with Crippen LogP contribution in [0.3, 0.4) is 0 Å². The predicted molar refractivity (Wildman–Crippen MR) is 134 cm³/mol. The van der Waals surface area contributed by atoms with Crippen LogP contribution in [0.25, 0.3) is 5.76 Å². The summed E-state index contributed by atoms with van der Waals surface area (Å²) in [5.41, 5.74) is 2.50. The third-order valence-corrected chi connectivity index (χ3v) is 6.10. The van der Waals surface area contributed by atoms with Crippen molar-refractivity contribution in [2.75, 3.05) is 19.1 Å². The Morgan fingerprint density at radius 3 is 2.37 bits per heavy atom. The van der Waals surface area contributed by atoms with E-state index in [0.717, 1.165) is 24.8 Å². The van der Waals surface area contributed by atoms with Gasteiger partial charge in [-0.15, -0.1) is 0 Å². The van der Waals surface area contributed by atoms with Gasteiger partial charge in [0, 0.05) is 17.4 Å². The van der Waals surface area contributed by atoms with Gasteiger partial charge < -0.3 is 14.6 Å². The highest BCUT2D eigenvalue weighted by molar-refractivity contribution is 6.51. The fraction of sp³-hybridized carbons (Fsp3) is 0.250. The van der Waals surface area contributed by atoms with Crippen molar-refractivity contribution in [2.45, 2.75) is 32.2 Å². The van der Waals surface area contributed by atoms with Crippen LogP contribution >= 0.6 is 0 Å². The summed E-state index contributed by atoms with van der Waals surface area (Å²) >= 11 is 0. The summed E-state index contributed by atoms with van der Waals surface area (Å²) in [6, 6.07) is 16.8. The maximum absolute atomic E-state index is 13.3. The first kappa shape index (κ1) is 24.0. The number of rotatable bonds is 8. The summed E-state index contributed by atoms with van der Waals surface area (Å²) in [6.45, 7) is 2.14. The van der Waals surface area contributed by atoms with Crippen LogP contribution in [0.1, 0.15) is 42.6 Å². The second-order valence-electron chi connectivity index (χ2n) is 8.26. The van der Waals surface area contributed by atoms with E-state index in [1.807, 2.05) is 24.3 Å². The van der Waals surface area contributed by atoms with E-state index < -0.39 is 17.7 Å². The number of unbranched alkanes of at least 4 members (excludes halogenated alkanes) is 1. The molecule has 7 nitrogen and oxygen atoms in total. The number of methoxy groups -OCH3 is 2. The van der Waals surface area contributed by atoms with E-state index in [1.165, 1.54) is 19.1 Å². The number of ether oxygens (including phenoxy) is 2. The highest BCUT2D eigenvalue weighted by Crippen LogP contribution is 2.42. The first-order valence-electron chi connectivity index (χ1n) is 11.5. The van der Waals surface area contributed by atoms with Crippen LogP contribution in [0.4, 0.5) is 5.69 Å². The van der Waals surface area contributed by atoms with Crippen LogP contribution < -0.4 is 14.4 Å². The van der Waals surface area contributed by atoms with E-state index in [0.29, 0.717) is 28.4 Å². The number of aromatic nitrogens is 1. The Hall–Kier alpha value is -4.13. The van der Waals surface area contributed by atoms with Gasteiger partial charge in [-0.25, -0.2) is 0 Å². The number of aryl methyl sites for hydroxylation is 1. The number of anilines is 1. The van der Waals surface area contributed by atoms with Gasteiger partial charge in [0.25, 0.3) is 11.7 Å². The van der Waals surface area contributed by atoms with Gasteiger partial charge in [-0.05, 0) is 60.9 Å². The summed E-state index contributed by atoms with van der Waals surface area (Å²) in [5, 5.41) is 11.3. The number of amides is 1. The van der Waals surface area contributed by atoms with E-state index in [4.69, 9.17) is 9.47 Å². The van der Waals surface area contributed by atoms with E-state index in [1.54, 1.807) is 42.6 Å². The van der Waals surface area contributed by atoms with Gasteiger partial charge in [-0.1, -0.05) is 31.5 Å². The Bertz CT molecular complexity index is 1250. The van der Waals surface area contributed by atoms with Crippen molar-refractivity contribution < 1.29 is 24.2 Å². The number of carbonyl (C=O) groups is 2. The molecule has 3 aromatic rings. The molecule has 1 N–H and O–H groups in total. The second-order valence-corrected chi connectivity index (χ2v) is 8.26. The molecule has 0 saturated carbocycles. The highest BCUT2D eigenvalue weighted by Gasteiger charge is 2.47. The summed E-state index contributed by atoms with van der Waals surface area (Å²) in [7, 11) is 3.00. The Morgan fingerprint density at radius 1 is 1.00 bits per heavy atom. The fourth-order valence-corrected chi connectivity index (χ4v) is 4.26. The molecule has 2 heterocycles. The Labute approximate surface area is 204 Å². The van der Waals surface area contributed by atoms with E-state index in [9.17, 15) is 14.7 Å². The van der Waals surface area contributed by atoms with E-state index >= 15 is 0 Å². The maximum Gasteiger partial charge on any atom is 0.300 e. The molecule has 1 amide bonds. The third kappa shape index (κ3) is 4.62. The molecule has 7 heteroatoms. The van der Waals surface area contributed by atoms with Gasteiger partial charge in [0.05, 0.1) is 25.5 Å². The Balaban J connectivity index is 1.84. The van der Waals surface area contributed by atoms with Crippen LogP contribution in [-0.4, -0.2) is 36.0 Å². The molecule has 1 atom stereocenters. The standard InChI is InChI=1S/C28H28N2O5/c1-4-5-8-18-10-13-20(14-11-18)30-25(21-9-6-7-16-29-21)24(27(32)28(30)33)26(31)19-12-15-22(34-2)23(17-19)35-3/h6-7,9-17,25,31H,4-5,8H2,1-3H3/b26-24-. The minimum absolute atomic E-state index is 0.0315. The van der Waals surface area contributed by atoms with Gasteiger partial charge in [0.1, 0.15) is 11.8 Å². The lowest BCUT2D eigenvalue weighted by Gasteiger charge is -2.24. The van der Waals surface area contributed by atoms with Crippen molar-refractivity contribution in [3.8, 4) is 11.5 Å². The highest BCUT2D eigenvalue weighted by atomic mass is 16.5. The van der Waals surface area contributed by atoms with Gasteiger partial charge in [-0.2, -0.15) is 0 Å². The fourth-order valence-electron chi connectivity index (χ4n) is 4.26. The summed E-state index contributed by atoms with van der Waals surface area (Å²) < 4.78 is 10.6. The number of aliphatic hydroxyl groups excluding tert-OH is 1. The van der Waals surface area contributed by atoms with Gasteiger partial charge >= 0.3 is 0 Å². The molecule has 2 aromatic carbocycles. The topological polar surface area (TPSA) is 89.0 Å². The average molecular weight is 473 g/mol. The van der Waals surface area contributed by atoms with Crippen LogP contribution in [-0.2, 0) is 16.0 Å². The van der Waals surface area contributed by atoms with Crippen molar-refractivity contribution in [1.82, 2.24) is 4.98 Å².